The third-order valence-corrected chi connectivity index (χ3v) is 4.08. The number of benzene rings is 2. The van der Waals surface area contributed by atoms with Crippen molar-refractivity contribution in [3.63, 3.8) is 0 Å². The molecule has 0 bridgehead atoms. The number of nitrogens with zero attached hydrogens (tertiary/aromatic N) is 2. The third-order valence-electron chi connectivity index (χ3n) is 3.85. The minimum atomic E-state index is -0.274. The zero-order chi connectivity index (χ0) is 17.3. The number of para-hydroxylation sites is 1. The van der Waals surface area contributed by atoms with E-state index in [0.717, 1.165) is 16.8 Å². The van der Waals surface area contributed by atoms with Gasteiger partial charge in [0.1, 0.15) is 6.54 Å². The molecule has 0 fully saturated rings. The van der Waals surface area contributed by atoms with Crippen molar-refractivity contribution in [1.82, 2.24) is 9.55 Å². The molecule has 122 valence electrons. The molecule has 0 saturated carbocycles. The summed E-state index contributed by atoms with van der Waals surface area (Å²) in [5, 5.41) is 3.81. The van der Waals surface area contributed by atoms with Gasteiger partial charge in [-0.3, -0.25) is 14.2 Å². The Labute approximate surface area is 143 Å². The van der Waals surface area contributed by atoms with Gasteiger partial charge in [-0.1, -0.05) is 29.8 Å². The average molecular weight is 342 g/mol. The van der Waals surface area contributed by atoms with Gasteiger partial charge in [0.15, 0.2) is 0 Å². The van der Waals surface area contributed by atoms with Crippen molar-refractivity contribution in [2.45, 2.75) is 20.4 Å². The molecule has 3 rings (SSSR count). The zero-order valence-electron chi connectivity index (χ0n) is 13.3. The number of rotatable bonds is 3. The summed E-state index contributed by atoms with van der Waals surface area (Å²) in [4.78, 5) is 29.0. The molecule has 1 aromatic heterocycles. The Balaban J connectivity index is 1.87. The maximum absolute atomic E-state index is 12.5. The van der Waals surface area contributed by atoms with Crippen LogP contribution in [0, 0.1) is 13.8 Å². The van der Waals surface area contributed by atoms with Gasteiger partial charge in [-0.2, -0.15) is 0 Å². The van der Waals surface area contributed by atoms with Crippen LogP contribution < -0.4 is 10.9 Å². The molecule has 1 amide bonds. The Bertz CT molecular complexity index is 975. The maximum atomic E-state index is 12.5. The molecule has 24 heavy (non-hydrogen) atoms. The van der Waals surface area contributed by atoms with Gasteiger partial charge in [-0.05, 0) is 43.2 Å². The van der Waals surface area contributed by atoms with E-state index in [1.54, 1.807) is 18.2 Å². The fourth-order valence-corrected chi connectivity index (χ4v) is 2.76. The van der Waals surface area contributed by atoms with E-state index in [1.165, 1.54) is 10.9 Å². The first-order valence-corrected chi connectivity index (χ1v) is 7.84. The van der Waals surface area contributed by atoms with Gasteiger partial charge in [0.25, 0.3) is 5.56 Å². The van der Waals surface area contributed by atoms with E-state index < -0.39 is 0 Å². The lowest BCUT2D eigenvalue weighted by Crippen LogP contribution is -2.28. The molecule has 0 aliphatic carbocycles. The summed E-state index contributed by atoms with van der Waals surface area (Å²) < 4.78 is 1.29. The lowest BCUT2D eigenvalue weighted by atomic mass is 10.1. The van der Waals surface area contributed by atoms with E-state index in [0.29, 0.717) is 15.9 Å². The topological polar surface area (TPSA) is 64.0 Å². The van der Waals surface area contributed by atoms with Gasteiger partial charge in [-0.25, -0.2) is 4.98 Å². The molecule has 0 atom stereocenters. The van der Waals surface area contributed by atoms with Crippen LogP contribution >= 0.6 is 11.6 Å². The van der Waals surface area contributed by atoms with E-state index in [1.807, 2.05) is 32.0 Å². The normalized spacial score (nSPS) is 10.8. The van der Waals surface area contributed by atoms with Crippen LogP contribution in [0.25, 0.3) is 10.9 Å². The smallest absolute Gasteiger partial charge is 0.261 e. The quantitative estimate of drug-likeness (QED) is 0.795. The molecule has 0 spiro atoms. The van der Waals surface area contributed by atoms with E-state index in [2.05, 4.69) is 10.3 Å². The third kappa shape index (κ3) is 3.16. The lowest BCUT2D eigenvalue weighted by Gasteiger charge is -2.12. The molecule has 3 aromatic rings. The van der Waals surface area contributed by atoms with E-state index in [9.17, 15) is 9.59 Å². The molecular formula is C18H16ClN3O2. The van der Waals surface area contributed by atoms with E-state index >= 15 is 0 Å². The van der Waals surface area contributed by atoms with Crippen LogP contribution in [0.3, 0.4) is 0 Å². The standard InChI is InChI=1S/C18H16ClN3O2/c1-11-4-3-5-12(2)17(11)21-16(23)9-22-10-20-15-8-13(19)6-7-14(15)18(22)24/h3-8,10H,9H2,1-2H3,(H,21,23). The molecular weight excluding hydrogens is 326 g/mol. The lowest BCUT2D eigenvalue weighted by molar-refractivity contribution is -0.116. The highest BCUT2D eigenvalue weighted by atomic mass is 35.5. The number of halogens is 1. The predicted molar refractivity (Wildman–Crippen MR) is 95.6 cm³/mol. The highest BCUT2D eigenvalue weighted by Crippen LogP contribution is 2.19. The second-order valence-corrected chi connectivity index (χ2v) is 6.09. The second kappa shape index (κ2) is 6.45. The van der Waals surface area contributed by atoms with Crippen LogP contribution in [-0.4, -0.2) is 15.5 Å². The van der Waals surface area contributed by atoms with E-state index in [-0.39, 0.29) is 18.0 Å². The van der Waals surface area contributed by atoms with Gasteiger partial charge < -0.3 is 5.32 Å². The largest absolute Gasteiger partial charge is 0.324 e. The van der Waals surface area contributed by atoms with Crippen molar-refractivity contribution >= 4 is 34.1 Å². The zero-order valence-corrected chi connectivity index (χ0v) is 14.1. The number of aryl methyl sites for hydroxylation is 2. The number of nitrogens with one attached hydrogen (secondary N) is 1. The number of amides is 1. The number of anilines is 1. The monoisotopic (exact) mass is 341 g/mol. The molecule has 2 aromatic carbocycles. The minimum Gasteiger partial charge on any atom is -0.324 e. The molecule has 0 aliphatic heterocycles. The number of aromatic nitrogens is 2. The molecule has 0 unspecified atom stereocenters. The summed E-state index contributed by atoms with van der Waals surface area (Å²) in [6, 6.07) is 10.7. The average Bonchev–Trinajstić information content (AvgIpc) is 2.54. The van der Waals surface area contributed by atoms with Gasteiger partial charge in [0, 0.05) is 10.7 Å². The number of hydrogen-bond donors (Lipinski definition) is 1. The van der Waals surface area contributed by atoms with Crippen LogP contribution in [-0.2, 0) is 11.3 Å². The van der Waals surface area contributed by atoms with Gasteiger partial charge in [0.2, 0.25) is 5.91 Å². The van der Waals surface area contributed by atoms with Crippen molar-refractivity contribution in [3.8, 4) is 0 Å². The first kappa shape index (κ1) is 16.2. The van der Waals surface area contributed by atoms with Crippen molar-refractivity contribution in [3.05, 3.63) is 69.2 Å². The molecule has 5 nitrogen and oxygen atoms in total. The Morgan fingerprint density at radius 3 is 2.62 bits per heavy atom. The highest BCUT2D eigenvalue weighted by Gasteiger charge is 2.11. The number of carbonyl (C=O) groups excluding carboxylic acids is 1. The fourth-order valence-electron chi connectivity index (χ4n) is 2.59. The van der Waals surface area contributed by atoms with Crippen LogP contribution in [0.15, 0.2) is 47.5 Å². The van der Waals surface area contributed by atoms with Gasteiger partial charge in [0.05, 0.1) is 17.2 Å². The summed E-state index contributed by atoms with van der Waals surface area (Å²) in [6.45, 7) is 3.75. The Hall–Kier alpha value is -2.66. The molecule has 0 saturated heterocycles. The summed E-state index contributed by atoms with van der Waals surface area (Å²) in [7, 11) is 0. The summed E-state index contributed by atoms with van der Waals surface area (Å²) >= 11 is 5.90. The Morgan fingerprint density at radius 1 is 1.21 bits per heavy atom. The second-order valence-electron chi connectivity index (χ2n) is 5.65. The Morgan fingerprint density at radius 2 is 1.92 bits per heavy atom. The minimum absolute atomic E-state index is 0.0990. The van der Waals surface area contributed by atoms with Crippen LogP contribution in [0.2, 0.25) is 5.02 Å². The van der Waals surface area contributed by atoms with Gasteiger partial charge in [-0.15, -0.1) is 0 Å². The fraction of sp³-hybridized carbons (Fsp3) is 0.167. The summed E-state index contributed by atoms with van der Waals surface area (Å²) in [5.41, 5.74) is 2.97. The molecule has 6 heteroatoms. The van der Waals surface area contributed by atoms with Crippen LogP contribution in [0.4, 0.5) is 5.69 Å². The molecule has 1 heterocycles. The number of hydrogen-bond acceptors (Lipinski definition) is 3. The van der Waals surface area contributed by atoms with Crippen LogP contribution in [0.1, 0.15) is 11.1 Å². The SMILES string of the molecule is Cc1cccc(C)c1NC(=O)Cn1cnc2cc(Cl)ccc2c1=O. The van der Waals surface area contributed by atoms with Crippen molar-refractivity contribution in [2.75, 3.05) is 5.32 Å². The highest BCUT2D eigenvalue weighted by molar-refractivity contribution is 6.31. The molecule has 0 aliphatic rings. The first-order valence-electron chi connectivity index (χ1n) is 7.46. The van der Waals surface area contributed by atoms with Crippen molar-refractivity contribution < 1.29 is 4.79 Å². The predicted octanol–water partition coefficient (Wildman–Crippen LogP) is 3.31. The van der Waals surface area contributed by atoms with Gasteiger partial charge >= 0.3 is 0 Å². The Kier molecular flexibility index (Phi) is 4.36. The number of carbonyl (C=O) groups is 1. The number of fused-ring (bicyclic) bond motifs is 1. The van der Waals surface area contributed by atoms with E-state index in [4.69, 9.17) is 11.6 Å². The maximum Gasteiger partial charge on any atom is 0.261 e. The first-order chi connectivity index (χ1) is 11.5. The van der Waals surface area contributed by atoms with Crippen LogP contribution in [0.5, 0.6) is 0 Å². The molecule has 1 N–H and O–H groups in total. The molecule has 0 radical (unpaired) electrons. The van der Waals surface area contributed by atoms with Crippen molar-refractivity contribution in [1.29, 1.82) is 0 Å². The summed E-state index contributed by atoms with van der Waals surface area (Å²) in [5.74, 6) is -0.274. The summed E-state index contributed by atoms with van der Waals surface area (Å²) in [6.07, 6.45) is 1.37. The van der Waals surface area contributed by atoms with Crippen molar-refractivity contribution in [2.24, 2.45) is 0 Å².